The summed E-state index contributed by atoms with van der Waals surface area (Å²) in [5, 5.41) is 2.40. The molecule has 0 atom stereocenters. The highest BCUT2D eigenvalue weighted by atomic mass is 32.2. The number of fused-ring (bicyclic) bond motifs is 1. The van der Waals surface area contributed by atoms with Gasteiger partial charge in [-0.25, -0.2) is 0 Å². The quantitative estimate of drug-likeness (QED) is 0.689. The second kappa shape index (κ2) is 5.48. The number of hydrogen-bond acceptors (Lipinski definition) is 4. The molecule has 0 aliphatic carbocycles. The van der Waals surface area contributed by atoms with E-state index in [-0.39, 0.29) is 18.3 Å². The Morgan fingerprint density at radius 2 is 1.50 bits per heavy atom. The fourth-order valence-electron chi connectivity index (χ4n) is 2.57. The van der Waals surface area contributed by atoms with Crippen LogP contribution in [0.5, 0.6) is 0 Å². The van der Waals surface area contributed by atoms with E-state index in [4.69, 9.17) is 9.31 Å². The van der Waals surface area contributed by atoms with Crippen LogP contribution in [0.3, 0.4) is 0 Å². The van der Waals surface area contributed by atoms with E-state index in [0.29, 0.717) is 0 Å². The van der Waals surface area contributed by atoms with E-state index in [9.17, 15) is 0 Å². The summed E-state index contributed by atoms with van der Waals surface area (Å²) in [6, 6.07) is 12.7. The molecule has 0 radical (unpaired) electrons. The van der Waals surface area contributed by atoms with Gasteiger partial charge in [0.2, 0.25) is 0 Å². The molecule has 1 saturated heterocycles. The first-order valence-electron chi connectivity index (χ1n) is 7.51. The maximum Gasteiger partial charge on any atom is 0.494 e. The Bertz CT molecular complexity index is 686. The van der Waals surface area contributed by atoms with Gasteiger partial charge >= 0.3 is 7.12 Å². The molecule has 0 spiro atoms. The highest BCUT2D eigenvalue weighted by Gasteiger charge is 2.51. The van der Waals surface area contributed by atoms with Crippen molar-refractivity contribution < 1.29 is 9.31 Å². The van der Waals surface area contributed by atoms with E-state index in [2.05, 4.69) is 68.8 Å². The van der Waals surface area contributed by atoms with E-state index in [1.807, 2.05) is 6.26 Å². The summed E-state index contributed by atoms with van der Waals surface area (Å²) in [5.41, 5.74) is 1.57. The van der Waals surface area contributed by atoms with Gasteiger partial charge in [0.05, 0.1) is 11.2 Å². The lowest BCUT2D eigenvalue weighted by molar-refractivity contribution is 0.00578. The van der Waals surface area contributed by atoms with Gasteiger partial charge in [0, 0.05) is 11.9 Å². The van der Waals surface area contributed by atoms with Crippen LogP contribution in [0.15, 0.2) is 36.4 Å². The first kappa shape index (κ1) is 15.7. The van der Waals surface area contributed by atoms with Gasteiger partial charge in [-0.05, 0) is 56.1 Å². The van der Waals surface area contributed by atoms with Crippen LogP contribution in [0, 0.1) is 0 Å². The van der Waals surface area contributed by atoms with Gasteiger partial charge in [0.15, 0.2) is 0 Å². The fourth-order valence-corrected chi connectivity index (χ4v) is 2.93. The molecule has 5 heteroatoms. The van der Waals surface area contributed by atoms with E-state index < -0.39 is 0 Å². The van der Waals surface area contributed by atoms with Crippen LogP contribution in [0.25, 0.3) is 10.8 Å². The Kier molecular flexibility index (Phi) is 3.92. The topological polar surface area (TPSA) is 30.5 Å². The summed E-state index contributed by atoms with van der Waals surface area (Å²) in [6.45, 7) is 8.31. The van der Waals surface area contributed by atoms with Gasteiger partial charge in [-0.3, -0.25) is 0 Å². The molecule has 116 valence electrons. The van der Waals surface area contributed by atoms with Crippen molar-refractivity contribution in [3.8, 4) is 0 Å². The zero-order valence-corrected chi connectivity index (χ0v) is 14.6. The molecule has 1 aliphatic heterocycles. The minimum absolute atomic E-state index is 0.307. The Morgan fingerprint density at radius 3 is 2.14 bits per heavy atom. The molecule has 1 aliphatic rings. The summed E-state index contributed by atoms with van der Waals surface area (Å²) >= 11 is 1.60. The summed E-state index contributed by atoms with van der Waals surface area (Å²) in [4.78, 5) is 0. The van der Waals surface area contributed by atoms with Crippen LogP contribution in [-0.2, 0) is 9.31 Å². The summed E-state index contributed by atoms with van der Waals surface area (Å²) < 4.78 is 15.5. The number of rotatable bonds is 3. The standard InChI is InChI=1S/C17H22BNO2S/c1-16(2)17(3,4)21-18(20-16)14-8-6-13-11-15(19-22-5)9-7-12(13)10-14/h6-11,19H,1-5H3. The predicted molar refractivity (Wildman–Crippen MR) is 96.8 cm³/mol. The van der Waals surface area contributed by atoms with Crippen molar-refractivity contribution in [2.75, 3.05) is 11.0 Å². The second-order valence-corrected chi connectivity index (χ2v) is 7.33. The third kappa shape index (κ3) is 2.73. The molecule has 0 saturated carbocycles. The lowest BCUT2D eigenvalue weighted by Gasteiger charge is -2.32. The van der Waals surface area contributed by atoms with Crippen LogP contribution >= 0.6 is 11.9 Å². The first-order valence-corrected chi connectivity index (χ1v) is 8.73. The molecule has 3 rings (SSSR count). The zero-order valence-electron chi connectivity index (χ0n) is 13.8. The van der Waals surface area contributed by atoms with E-state index in [1.54, 1.807) is 11.9 Å². The maximum absolute atomic E-state index is 6.12. The van der Waals surface area contributed by atoms with Crippen molar-refractivity contribution >= 4 is 41.0 Å². The molecule has 2 aromatic carbocycles. The smallest absolute Gasteiger partial charge is 0.399 e. The molecule has 0 aromatic heterocycles. The molecular weight excluding hydrogens is 293 g/mol. The molecule has 22 heavy (non-hydrogen) atoms. The normalized spacial score (nSPS) is 19.6. The minimum atomic E-state index is -0.307. The van der Waals surface area contributed by atoms with Crippen molar-refractivity contribution in [2.24, 2.45) is 0 Å². The van der Waals surface area contributed by atoms with Crippen LogP contribution < -0.4 is 10.2 Å². The highest BCUT2D eigenvalue weighted by molar-refractivity contribution is 7.99. The largest absolute Gasteiger partial charge is 0.494 e. The number of hydrogen-bond donors (Lipinski definition) is 1. The van der Waals surface area contributed by atoms with Crippen LogP contribution in [0.4, 0.5) is 5.69 Å². The van der Waals surface area contributed by atoms with E-state index in [0.717, 1.165) is 11.2 Å². The van der Waals surface area contributed by atoms with Crippen molar-refractivity contribution in [3.63, 3.8) is 0 Å². The maximum atomic E-state index is 6.12. The molecule has 0 amide bonds. The zero-order chi connectivity index (χ0) is 16.0. The number of benzene rings is 2. The predicted octanol–water partition coefficient (Wildman–Crippen LogP) is 3.83. The third-order valence-corrected chi connectivity index (χ3v) is 5.05. The summed E-state index contributed by atoms with van der Waals surface area (Å²) in [7, 11) is -0.307. The lowest BCUT2D eigenvalue weighted by Crippen LogP contribution is -2.41. The first-order chi connectivity index (χ1) is 10.3. The van der Waals surface area contributed by atoms with Crippen molar-refractivity contribution in [1.29, 1.82) is 0 Å². The van der Waals surface area contributed by atoms with Gasteiger partial charge in [-0.1, -0.05) is 36.2 Å². The van der Waals surface area contributed by atoms with Gasteiger partial charge in [-0.15, -0.1) is 0 Å². The number of anilines is 1. The van der Waals surface area contributed by atoms with Crippen molar-refractivity contribution in [2.45, 2.75) is 38.9 Å². The summed E-state index contributed by atoms with van der Waals surface area (Å²) in [6.07, 6.45) is 2.02. The van der Waals surface area contributed by atoms with Gasteiger partial charge in [0.1, 0.15) is 0 Å². The number of nitrogens with one attached hydrogen (secondary N) is 1. The van der Waals surface area contributed by atoms with E-state index >= 15 is 0 Å². The van der Waals surface area contributed by atoms with Crippen LogP contribution in [0.2, 0.25) is 0 Å². The minimum Gasteiger partial charge on any atom is -0.399 e. The Labute approximate surface area is 137 Å². The highest BCUT2D eigenvalue weighted by Crippen LogP contribution is 2.36. The lowest BCUT2D eigenvalue weighted by atomic mass is 9.78. The molecule has 0 unspecified atom stereocenters. The second-order valence-electron chi connectivity index (χ2n) is 6.72. The average Bonchev–Trinajstić information content (AvgIpc) is 2.67. The monoisotopic (exact) mass is 315 g/mol. The molecular formula is C17H22BNO2S. The van der Waals surface area contributed by atoms with Gasteiger partial charge in [0.25, 0.3) is 0 Å². The third-order valence-electron chi connectivity index (χ3n) is 4.61. The molecule has 1 N–H and O–H groups in total. The van der Waals surface area contributed by atoms with E-state index in [1.165, 1.54) is 10.8 Å². The van der Waals surface area contributed by atoms with Crippen molar-refractivity contribution in [1.82, 2.24) is 0 Å². The SMILES string of the molecule is CSNc1ccc2cc(B3OC(C)(C)C(C)(C)O3)ccc2c1. The van der Waals surface area contributed by atoms with Crippen LogP contribution in [0.1, 0.15) is 27.7 Å². The molecule has 1 heterocycles. The van der Waals surface area contributed by atoms with Gasteiger partial charge < -0.3 is 14.0 Å². The molecule has 2 aromatic rings. The van der Waals surface area contributed by atoms with Crippen molar-refractivity contribution in [3.05, 3.63) is 36.4 Å². The fraction of sp³-hybridized carbons (Fsp3) is 0.412. The molecule has 0 bridgehead atoms. The molecule has 3 nitrogen and oxygen atoms in total. The average molecular weight is 315 g/mol. The molecule has 1 fully saturated rings. The summed E-state index contributed by atoms with van der Waals surface area (Å²) in [5.74, 6) is 0. The Morgan fingerprint density at radius 1 is 0.909 bits per heavy atom. The van der Waals surface area contributed by atoms with Gasteiger partial charge in [-0.2, -0.15) is 0 Å². The Balaban J connectivity index is 1.92. The Hall–Kier alpha value is -1.17. The van der Waals surface area contributed by atoms with Crippen LogP contribution in [-0.4, -0.2) is 24.6 Å².